The van der Waals surface area contributed by atoms with Gasteiger partial charge in [0, 0.05) is 0 Å². The molecule has 0 radical (unpaired) electrons. The van der Waals surface area contributed by atoms with Gasteiger partial charge in [-0.3, -0.25) is 14.5 Å². The third kappa shape index (κ3) is 18.0. The molecule has 0 rings (SSSR count). The van der Waals surface area contributed by atoms with E-state index in [-0.39, 0.29) is 19.6 Å². The summed E-state index contributed by atoms with van der Waals surface area (Å²) in [5, 5.41) is 0. The highest BCUT2D eigenvalue weighted by atomic mass is 16.5. The van der Waals surface area contributed by atoms with E-state index in [0.29, 0.717) is 19.5 Å². The van der Waals surface area contributed by atoms with E-state index in [2.05, 4.69) is 13.8 Å². The Bertz CT molecular complexity index is 368. The second-order valence-electron chi connectivity index (χ2n) is 7.31. The van der Waals surface area contributed by atoms with Crippen molar-refractivity contribution in [2.24, 2.45) is 0 Å². The van der Waals surface area contributed by atoms with Crippen LogP contribution in [0.4, 0.5) is 0 Å². The third-order valence-electron chi connectivity index (χ3n) is 4.56. The molecule has 0 aliphatic carbocycles. The molecule has 0 aromatic rings. The molecule has 0 spiro atoms. The maximum Gasteiger partial charge on any atom is 0.320 e. The number of unbranched alkanes of at least 4 members (excludes halogenated alkanes) is 10. The van der Waals surface area contributed by atoms with Crippen molar-refractivity contribution in [3.8, 4) is 0 Å². The highest BCUT2D eigenvalue weighted by molar-refractivity contribution is 5.75. The number of carbonyl (C=O) groups excluding carboxylic acids is 3. The number of hydrogen-bond acceptors (Lipinski definition) is 6. The molecule has 0 N–H and O–H groups in total. The van der Waals surface area contributed by atoms with Crippen LogP contribution in [0.1, 0.15) is 90.9 Å². The molecule has 0 saturated carbocycles. The fraction of sp³-hybridized carbons (Fsp3) is 0.864. The van der Waals surface area contributed by atoms with Gasteiger partial charge in [0.15, 0.2) is 0 Å². The lowest BCUT2D eigenvalue weighted by molar-refractivity contribution is -0.148. The van der Waals surface area contributed by atoms with Gasteiger partial charge in [0.25, 0.3) is 0 Å². The Balaban J connectivity index is 3.85. The number of hydrogen-bond donors (Lipinski definition) is 0. The van der Waals surface area contributed by atoms with Crippen LogP contribution in [0.2, 0.25) is 0 Å². The molecule has 0 saturated heterocycles. The Kier molecular flexibility index (Phi) is 19.3. The average molecular weight is 400 g/mol. The van der Waals surface area contributed by atoms with Crippen molar-refractivity contribution in [2.45, 2.75) is 90.9 Å². The van der Waals surface area contributed by atoms with E-state index in [1.807, 2.05) is 0 Å². The van der Waals surface area contributed by atoms with Gasteiger partial charge in [-0.05, 0) is 12.8 Å². The molecule has 0 aromatic carbocycles. The van der Waals surface area contributed by atoms with Gasteiger partial charge >= 0.3 is 11.9 Å². The van der Waals surface area contributed by atoms with E-state index in [9.17, 15) is 14.4 Å². The minimum absolute atomic E-state index is 0.0121. The lowest BCUT2D eigenvalue weighted by Crippen LogP contribution is -2.37. The second kappa shape index (κ2) is 20.3. The van der Waals surface area contributed by atoms with Crippen LogP contribution in [0.3, 0.4) is 0 Å². The monoisotopic (exact) mass is 399 g/mol. The number of carbonyl (C=O) groups is 3. The highest BCUT2D eigenvalue weighted by Gasteiger charge is 2.16. The van der Waals surface area contributed by atoms with Crippen LogP contribution in [0.5, 0.6) is 0 Å². The van der Waals surface area contributed by atoms with Crippen LogP contribution in [0.15, 0.2) is 0 Å². The smallest absolute Gasteiger partial charge is 0.320 e. The Labute approximate surface area is 171 Å². The summed E-state index contributed by atoms with van der Waals surface area (Å²) in [6.45, 7) is 5.01. The molecule has 0 atom stereocenters. The molecule has 0 fully saturated rings. The van der Waals surface area contributed by atoms with Crippen molar-refractivity contribution in [3.05, 3.63) is 0 Å². The maximum absolute atomic E-state index is 11.9. The molecular weight excluding hydrogens is 358 g/mol. The van der Waals surface area contributed by atoms with Gasteiger partial charge in [-0.1, -0.05) is 78.1 Å². The SMILES string of the molecule is CCCCCCCCOC(=O)CN(CC=O)CC(=O)OCCCCCCCC. The molecule has 28 heavy (non-hydrogen) atoms. The maximum atomic E-state index is 11.9. The van der Waals surface area contributed by atoms with Crippen LogP contribution in [0, 0.1) is 0 Å². The van der Waals surface area contributed by atoms with Gasteiger partial charge in [0.2, 0.25) is 0 Å². The van der Waals surface area contributed by atoms with Gasteiger partial charge in [0.05, 0.1) is 32.8 Å². The van der Waals surface area contributed by atoms with E-state index < -0.39 is 11.9 Å². The summed E-state index contributed by atoms with van der Waals surface area (Å²) in [4.78, 5) is 36.1. The molecule has 164 valence electrons. The Morgan fingerprint density at radius 3 is 1.46 bits per heavy atom. The molecule has 0 heterocycles. The zero-order valence-electron chi connectivity index (χ0n) is 18.1. The van der Waals surface area contributed by atoms with Crippen LogP contribution < -0.4 is 0 Å². The van der Waals surface area contributed by atoms with Crippen molar-refractivity contribution < 1.29 is 23.9 Å². The Hall–Kier alpha value is -1.43. The van der Waals surface area contributed by atoms with Gasteiger partial charge in [-0.2, -0.15) is 0 Å². The quantitative estimate of drug-likeness (QED) is 0.173. The fourth-order valence-electron chi connectivity index (χ4n) is 2.88. The lowest BCUT2D eigenvalue weighted by atomic mass is 10.1. The number of esters is 2. The number of rotatable bonds is 20. The molecule has 0 amide bonds. The largest absolute Gasteiger partial charge is 0.465 e. The first kappa shape index (κ1) is 26.6. The van der Waals surface area contributed by atoms with Crippen LogP contribution in [0.25, 0.3) is 0 Å². The van der Waals surface area contributed by atoms with Crippen molar-refractivity contribution in [2.75, 3.05) is 32.8 Å². The number of aldehydes is 1. The van der Waals surface area contributed by atoms with Crippen molar-refractivity contribution >= 4 is 18.2 Å². The van der Waals surface area contributed by atoms with E-state index in [0.717, 1.165) is 38.5 Å². The Morgan fingerprint density at radius 1 is 0.679 bits per heavy atom. The molecule has 6 heteroatoms. The predicted molar refractivity (Wildman–Crippen MR) is 111 cm³/mol. The topological polar surface area (TPSA) is 72.9 Å². The first-order valence-electron chi connectivity index (χ1n) is 11.1. The molecule has 0 aromatic heterocycles. The zero-order chi connectivity index (χ0) is 20.9. The third-order valence-corrected chi connectivity index (χ3v) is 4.56. The molecule has 0 unspecified atom stereocenters. The summed E-state index contributed by atoms with van der Waals surface area (Å²) in [5.41, 5.74) is 0. The highest BCUT2D eigenvalue weighted by Crippen LogP contribution is 2.06. The predicted octanol–water partition coefficient (Wildman–Crippen LogP) is 4.29. The molecule has 6 nitrogen and oxygen atoms in total. The Morgan fingerprint density at radius 2 is 1.07 bits per heavy atom. The summed E-state index contributed by atoms with van der Waals surface area (Å²) in [6, 6.07) is 0. The standard InChI is InChI=1S/C22H41NO5/c1-3-5-7-9-11-13-17-27-21(25)19-23(15-16-24)20-22(26)28-18-14-12-10-8-6-4-2/h16H,3-15,17-20H2,1-2H3. The summed E-state index contributed by atoms with van der Waals surface area (Å²) in [5.74, 6) is -0.807. The van der Waals surface area contributed by atoms with Crippen molar-refractivity contribution in [1.29, 1.82) is 0 Å². The van der Waals surface area contributed by atoms with E-state index in [4.69, 9.17) is 9.47 Å². The minimum Gasteiger partial charge on any atom is -0.465 e. The normalized spacial score (nSPS) is 10.8. The molecule has 0 aliphatic heterocycles. The van der Waals surface area contributed by atoms with Crippen LogP contribution in [-0.2, 0) is 23.9 Å². The van der Waals surface area contributed by atoms with Crippen molar-refractivity contribution in [3.63, 3.8) is 0 Å². The zero-order valence-corrected chi connectivity index (χ0v) is 18.1. The van der Waals surface area contributed by atoms with E-state index >= 15 is 0 Å². The molecule has 0 aliphatic rings. The molecule has 0 bridgehead atoms. The van der Waals surface area contributed by atoms with Gasteiger partial charge in [0.1, 0.15) is 6.29 Å². The first-order valence-corrected chi connectivity index (χ1v) is 11.1. The van der Waals surface area contributed by atoms with Gasteiger partial charge in [-0.25, -0.2) is 0 Å². The second-order valence-corrected chi connectivity index (χ2v) is 7.31. The average Bonchev–Trinajstić information content (AvgIpc) is 2.66. The van der Waals surface area contributed by atoms with E-state index in [1.165, 1.54) is 43.4 Å². The van der Waals surface area contributed by atoms with Gasteiger partial charge in [-0.15, -0.1) is 0 Å². The fourth-order valence-corrected chi connectivity index (χ4v) is 2.88. The van der Waals surface area contributed by atoms with E-state index in [1.54, 1.807) is 0 Å². The van der Waals surface area contributed by atoms with Crippen LogP contribution in [-0.4, -0.2) is 56.0 Å². The van der Waals surface area contributed by atoms with Gasteiger partial charge < -0.3 is 14.3 Å². The first-order chi connectivity index (χ1) is 13.6. The number of nitrogens with zero attached hydrogens (tertiary/aromatic N) is 1. The summed E-state index contributed by atoms with van der Waals surface area (Å²) in [6.07, 6.45) is 14.2. The van der Waals surface area contributed by atoms with Crippen molar-refractivity contribution in [1.82, 2.24) is 4.90 Å². The minimum atomic E-state index is -0.404. The lowest BCUT2D eigenvalue weighted by Gasteiger charge is -2.17. The number of ether oxygens (including phenoxy) is 2. The summed E-state index contributed by atoms with van der Waals surface area (Å²) < 4.78 is 10.4. The molecular formula is C22H41NO5. The summed E-state index contributed by atoms with van der Waals surface area (Å²) in [7, 11) is 0. The van der Waals surface area contributed by atoms with Crippen LogP contribution >= 0.6 is 0 Å². The summed E-state index contributed by atoms with van der Waals surface area (Å²) >= 11 is 0.